The Hall–Kier alpha value is -2.83. The van der Waals surface area contributed by atoms with E-state index in [0.717, 1.165) is 23.1 Å². The summed E-state index contributed by atoms with van der Waals surface area (Å²) in [6.07, 6.45) is 1.60. The molecule has 30 heavy (non-hydrogen) atoms. The number of aromatic nitrogens is 1. The van der Waals surface area contributed by atoms with Gasteiger partial charge in [0, 0.05) is 35.6 Å². The number of nitrogens with one attached hydrogen (secondary N) is 1. The summed E-state index contributed by atoms with van der Waals surface area (Å²) in [6.45, 7) is 4.10. The number of ether oxygens (including phenoxy) is 1. The maximum Gasteiger partial charge on any atom is 0.252 e. The third-order valence-electron chi connectivity index (χ3n) is 5.42. The van der Waals surface area contributed by atoms with E-state index in [1.165, 1.54) is 16.7 Å². The number of fused-ring (bicyclic) bond motifs is 1. The number of amides is 2. The molecular formula is C21H23N5O3S. The van der Waals surface area contributed by atoms with Crippen molar-refractivity contribution in [2.75, 3.05) is 42.8 Å². The van der Waals surface area contributed by atoms with E-state index >= 15 is 0 Å². The Morgan fingerprint density at radius 2 is 2.27 bits per heavy atom. The van der Waals surface area contributed by atoms with E-state index in [2.05, 4.69) is 28.2 Å². The number of hydrogen-bond donors (Lipinski definition) is 1. The van der Waals surface area contributed by atoms with Gasteiger partial charge in [0.15, 0.2) is 0 Å². The fourth-order valence-electron chi connectivity index (χ4n) is 3.77. The zero-order valence-corrected chi connectivity index (χ0v) is 17.5. The van der Waals surface area contributed by atoms with Crippen LogP contribution < -0.4 is 10.2 Å². The van der Waals surface area contributed by atoms with Crippen LogP contribution in [0.2, 0.25) is 0 Å². The lowest BCUT2D eigenvalue weighted by Crippen LogP contribution is -2.43. The normalized spacial score (nSPS) is 21.5. The summed E-state index contributed by atoms with van der Waals surface area (Å²) in [6, 6.07) is 9.50. The Labute approximate surface area is 179 Å². The zero-order valence-electron chi connectivity index (χ0n) is 16.7. The highest BCUT2D eigenvalue weighted by Crippen LogP contribution is 2.26. The molecule has 2 aromatic rings. The zero-order chi connectivity index (χ0) is 21.1. The van der Waals surface area contributed by atoms with Crippen LogP contribution in [0, 0.1) is 11.3 Å². The lowest BCUT2D eigenvalue weighted by molar-refractivity contribution is -0.129. The highest BCUT2D eigenvalue weighted by Gasteiger charge is 2.29. The summed E-state index contributed by atoms with van der Waals surface area (Å²) >= 11 is 1.54. The number of nitrogens with zero attached hydrogens (tertiary/aromatic N) is 4. The number of anilines is 1. The Morgan fingerprint density at radius 3 is 3.07 bits per heavy atom. The van der Waals surface area contributed by atoms with Crippen molar-refractivity contribution >= 4 is 40.2 Å². The summed E-state index contributed by atoms with van der Waals surface area (Å²) in [5.74, 6) is 0.504. The Bertz CT molecular complexity index is 1010. The van der Waals surface area contributed by atoms with Gasteiger partial charge in [-0.05, 0) is 31.2 Å². The Balaban J connectivity index is 1.53. The SMILES string of the molecule is CC1COCCN1c1ccc2nccc(C(=O)NCC(=O)N3CSCC3C#N)c2c1. The monoisotopic (exact) mass is 425 g/mol. The van der Waals surface area contributed by atoms with Crippen LogP contribution in [-0.2, 0) is 9.53 Å². The number of nitriles is 1. The first kappa shape index (κ1) is 20.4. The van der Waals surface area contributed by atoms with Gasteiger partial charge >= 0.3 is 0 Å². The van der Waals surface area contributed by atoms with Crippen LogP contribution >= 0.6 is 11.8 Å². The fraction of sp³-hybridized carbons (Fsp3) is 0.429. The standard InChI is InChI=1S/C21H23N5O3S/c1-14-11-29-7-6-25(14)15-2-3-19-18(8-15)17(4-5-23-19)21(28)24-10-20(27)26-13-30-12-16(26)9-22/h2-5,8,14,16H,6-7,10-13H2,1H3,(H,24,28). The molecule has 2 unspecified atom stereocenters. The van der Waals surface area contributed by atoms with Crippen molar-refractivity contribution < 1.29 is 14.3 Å². The van der Waals surface area contributed by atoms with Gasteiger partial charge in [-0.3, -0.25) is 14.6 Å². The molecule has 156 valence electrons. The molecule has 0 aliphatic carbocycles. The Morgan fingerprint density at radius 1 is 1.40 bits per heavy atom. The maximum absolute atomic E-state index is 12.9. The Kier molecular flexibility index (Phi) is 6.06. The number of morpholine rings is 1. The van der Waals surface area contributed by atoms with Gasteiger partial charge in [0.2, 0.25) is 5.91 Å². The van der Waals surface area contributed by atoms with Gasteiger partial charge in [0.1, 0.15) is 6.04 Å². The molecule has 4 rings (SSSR count). The van der Waals surface area contributed by atoms with Crippen molar-refractivity contribution in [3.05, 3.63) is 36.0 Å². The van der Waals surface area contributed by atoms with Crippen LogP contribution in [0.25, 0.3) is 10.9 Å². The molecule has 2 aliphatic rings. The minimum absolute atomic E-state index is 0.137. The first-order chi connectivity index (χ1) is 14.6. The molecule has 0 saturated carbocycles. The largest absolute Gasteiger partial charge is 0.377 e. The van der Waals surface area contributed by atoms with Crippen molar-refractivity contribution in [2.24, 2.45) is 0 Å². The number of carbonyl (C=O) groups is 2. The molecule has 8 nitrogen and oxygen atoms in total. The highest BCUT2D eigenvalue weighted by atomic mass is 32.2. The van der Waals surface area contributed by atoms with E-state index in [0.29, 0.717) is 30.4 Å². The predicted octanol–water partition coefficient (Wildman–Crippen LogP) is 1.61. The van der Waals surface area contributed by atoms with Gasteiger partial charge in [-0.15, -0.1) is 11.8 Å². The summed E-state index contributed by atoms with van der Waals surface area (Å²) < 4.78 is 5.52. The van der Waals surface area contributed by atoms with Crippen molar-refractivity contribution in [1.82, 2.24) is 15.2 Å². The molecule has 1 N–H and O–H groups in total. The number of rotatable bonds is 4. The van der Waals surface area contributed by atoms with E-state index < -0.39 is 6.04 Å². The minimum Gasteiger partial charge on any atom is -0.377 e. The van der Waals surface area contributed by atoms with Crippen molar-refractivity contribution in [1.29, 1.82) is 5.26 Å². The maximum atomic E-state index is 12.9. The molecule has 2 fully saturated rings. The molecule has 2 aliphatic heterocycles. The number of thioether (sulfide) groups is 1. The molecule has 0 spiro atoms. The third kappa shape index (κ3) is 4.06. The smallest absolute Gasteiger partial charge is 0.252 e. The first-order valence-corrected chi connectivity index (χ1v) is 11.0. The predicted molar refractivity (Wildman–Crippen MR) is 115 cm³/mol. The number of pyridine rings is 1. The van der Waals surface area contributed by atoms with Crippen LogP contribution in [0.1, 0.15) is 17.3 Å². The second-order valence-corrected chi connectivity index (χ2v) is 8.37. The molecule has 9 heteroatoms. The van der Waals surface area contributed by atoms with Crippen LogP contribution in [0.15, 0.2) is 30.5 Å². The van der Waals surface area contributed by atoms with Crippen LogP contribution in [0.5, 0.6) is 0 Å². The summed E-state index contributed by atoms with van der Waals surface area (Å²) in [5.41, 5.74) is 2.21. The van der Waals surface area contributed by atoms with Gasteiger partial charge in [0.25, 0.3) is 5.91 Å². The number of benzene rings is 1. The molecule has 0 bridgehead atoms. The third-order valence-corrected chi connectivity index (χ3v) is 6.43. The highest BCUT2D eigenvalue weighted by molar-refractivity contribution is 7.99. The van der Waals surface area contributed by atoms with E-state index in [1.54, 1.807) is 12.3 Å². The summed E-state index contributed by atoms with van der Waals surface area (Å²) in [4.78, 5) is 33.4. The molecule has 1 aromatic heterocycles. The molecule has 2 saturated heterocycles. The molecular weight excluding hydrogens is 402 g/mol. The molecule has 2 atom stereocenters. The average Bonchev–Trinajstić information content (AvgIpc) is 3.26. The van der Waals surface area contributed by atoms with Crippen LogP contribution in [0.3, 0.4) is 0 Å². The van der Waals surface area contributed by atoms with Crippen molar-refractivity contribution in [3.63, 3.8) is 0 Å². The summed E-state index contributed by atoms with van der Waals surface area (Å²) in [5, 5.41) is 12.6. The average molecular weight is 426 g/mol. The lowest BCUT2D eigenvalue weighted by Gasteiger charge is -2.35. The number of hydrogen-bond acceptors (Lipinski definition) is 7. The quantitative estimate of drug-likeness (QED) is 0.795. The first-order valence-electron chi connectivity index (χ1n) is 9.86. The van der Waals surface area contributed by atoms with Gasteiger partial charge in [-0.25, -0.2) is 0 Å². The van der Waals surface area contributed by atoms with E-state index in [1.807, 2.05) is 18.2 Å². The van der Waals surface area contributed by atoms with Crippen molar-refractivity contribution in [2.45, 2.75) is 19.0 Å². The van der Waals surface area contributed by atoms with E-state index in [4.69, 9.17) is 10.00 Å². The fourth-order valence-corrected chi connectivity index (χ4v) is 4.87. The summed E-state index contributed by atoms with van der Waals surface area (Å²) in [7, 11) is 0. The molecule has 0 radical (unpaired) electrons. The molecule has 3 heterocycles. The van der Waals surface area contributed by atoms with Gasteiger partial charge < -0.3 is 19.9 Å². The second kappa shape index (κ2) is 8.90. The molecule has 1 aromatic carbocycles. The topological polar surface area (TPSA) is 98.6 Å². The lowest BCUT2D eigenvalue weighted by atomic mass is 10.1. The van der Waals surface area contributed by atoms with E-state index in [9.17, 15) is 9.59 Å². The van der Waals surface area contributed by atoms with Gasteiger partial charge in [0.05, 0.1) is 42.8 Å². The van der Waals surface area contributed by atoms with Gasteiger partial charge in [-0.1, -0.05) is 0 Å². The van der Waals surface area contributed by atoms with Crippen LogP contribution in [0.4, 0.5) is 5.69 Å². The number of carbonyl (C=O) groups excluding carboxylic acids is 2. The van der Waals surface area contributed by atoms with Crippen LogP contribution in [-0.4, -0.2) is 71.7 Å². The molecule has 2 amide bonds. The van der Waals surface area contributed by atoms with Gasteiger partial charge in [-0.2, -0.15) is 5.26 Å². The second-order valence-electron chi connectivity index (χ2n) is 7.37. The van der Waals surface area contributed by atoms with Crippen molar-refractivity contribution in [3.8, 4) is 6.07 Å². The minimum atomic E-state index is -0.431. The van der Waals surface area contributed by atoms with E-state index in [-0.39, 0.29) is 24.4 Å².